The van der Waals surface area contributed by atoms with Gasteiger partial charge in [-0.2, -0.15) is 38.1 Å². The van der Waals surface area contributed by atoms with E-state index < -0.39 is 41.7 Å². The van der Waals surface area contributed by atoms with Crippen molar-refractivity contribution in [2.45, 2.75) is 76.5 Å². The van der Waals surface area contributed by atoms with E-state index in [0.717, 1.165) is 55.7 Å². The second kappa shape index (κ2) is 14.5. The third-order valence-corrected chi connectivity index (χ3v) is 9.73. The third-order valence-electron chi connectivity index (χ3n) is 9.08. The van der Waals surface area contributed by atoms with Gasteiger partial charge in [0.15, 0.2) is 0 Å². The fourth-order valence-corrected chi connectivity index (χ4v) is 6.84. The second-order valence-corrected chi connectivity index (χ2v) is 13.2. The molecule has 5 rings (SSSR count). The van der Waals surface area contributed by atoms with Gasteiger partial charge in [0, 0.05) is 24.2 Å². The standard InChI is InChI=1S/C35H39F6N3O3S/c1-5-7-22(12-15-48-4)23-8-10-30(46-3)28(18-23)27-9-11-31(43-13-6-14-43)42-29(27)20-44-21(2)32(47-33(44)45)24-16-25(34(36,37)38)19-26(17-24)35(39,40)41/h8-11,16-19,21-22,32H,5-7,12-15,20H2,1-4H3/t21?,22?,32-/m0/s1. The van der Waals surface area contributed by atoms with Gasteiger partial charge in [0.25, 0.3) is 0 Å². The molecule has 1 amide bonds. The summed E-state index contributed by atoms with van der Waals surface area (Å²) in [5.74, 6) is 2.66. The van der Waals surface area contributed by atoms with Gasteiger partial charge in [0.05, 0.1) is 36.5 Å². The molecule has 2 fully saturated rings. The van der Waals surface area contributed by atoms with Crippen molar-refractivity contribution in [3.63, 3.8) is 0 Å². The zero-order valence-electron chi connectivity index (χ0n) is 27.3. The third kappa shape index (κ3) is 7.66. The molecule has 3 aromatic rings. The normalized spacial score (nSPS) is 18.9. The topological polar surface area (TPSA) is 54.9 Å². The molecule has 0 N–H and O–H groups in total. The zero-order valence-corrected chi connectivity index (χ0v) is 28.1. The second-order valence-electron chi connectivity index (χ2n) is 12.2. The summed E-state index contributed by atoms with van der Waals surface area (Å²) >= 11 is 1.79. The SMILES string of the molecule is CCCC(CCSC)c1ccc(OC)c(-c2ccc(N3CCC3)nc2CN2C(=O)O[C@H](c3cc(C(F)(F)F)cc(C(F)(F)F)c3)C2C)c1. The molecule has 3 atom stereocenters. The first-order valence-electron chi connectivity index (χ1n) is 15.9. The average molecular weight is 696 g/mol. The van der Waals surface area contributed by atoms with Gasteiger partial charge in [-0.1, -0.05) is 19.4 Å². The minimum Gasteiger partial charge on any atom is -0.496 e. The number of hydrogen-bond donors (Lipinski definition) is 0. The molecule has 260 valence electrons. The number of benzene rings is 2. The Labute approximate surface area is 280 Å². The first-order valence-corrected chi connectivity index (χ1v) is 17.3. The summed E-state index contributed by atoms with van der Waals surface area (Å²) in [5, 5.41) is 0. The number of hydrogen-bond acceptors (Lipinski definition) is 6. The number of aromatic nitrogens is 1. The molecule has 2 unspecified atom stereocenters. The van der Waals surface area contributed by atoms with E-state index in [1.807, 2.05) is 18.2 Å². The molecule has 2 aromatic carbocycles. The number of methoxy groups -OCH3 is 1. The molecule has 48 heavy (non-hydrogen) atoms. The first kappa shape index (κ1) is 35.7. The Morgan fingerprint density at radius 3 is 2.23 bits per heavy atom. The lowest BCUT2D eigenvalue weighted by atomic mass is 9.89. The van der Waals surface area contributed by atoms with Crippen LogP contribution in [-0.2, 0) is 23.6 Å². The summed E-state index contributed by atoms with van der Waals surface area (Å²) in [7, 11) is 1.58. The van der Waals surface area contributed by atoms with E-state index >= 15 is 0 Å². The van der Waals surface area contributed by atoms with Crippen LogP contribution in [0.1, 0.15) is 79.5 Å². The Kier molecular flexibility index (Phi) is 10.8. The highest BCUT2D eigenvalue weighted by molar-refractivity contribution is 7.98. The van der Waals surface area contributed by atoms with Crippen LogP contribution in [0.5, 0.6) is 5.75 Å². The first-order chi connectivity index (χ1) is 22.7. The number of amides is 1. The fraction of sp³-hybridized carbons (Fsp3) is 0.486. The highest BCUT2D eigenvalue weighted by atomic mass is 32.2. The van der Waals surface area contributed by atoms with E-state index in [-0.39, 0.29) is 18.2 Å². The highest BCUT2D eigenvalue weighted by Gasteiger charge is 2.43. The van der Waals surface area contributed by atoms with Crippen LogP contribution in [0.4, 0.5) is 37.0 Å². The number of rotatable bonds is 12. The number of thioether (sulfide) groups is 1. The van der Waals surface area contributed by atoms with E-state index in [1.54, 1.807) is 25.8 Å². The van der Waals surface area contributed by atoms with Crippen LogP contribution < -0.4 is 9.64 Å². The number of pyridine rings is 1. The lowest BCUT2D eigenvalue weighted by Crippen LogP contribution is -2.38. The molecule has 0 spiro atoms. The molecule has 13 heteroatoms. The lowest BCUT2D eigenvalue weighted by Gasteiger charge is -2.33. The van der Waals surface area contributed by atoms with E-state index in [1.165, 1.54) is 4.90 Å². The molecule has 0 aliphatic carbocycles. The van der Waals surface area contributed by atoms with Crippen LogP contribution in [0.15, 0.2) is 48.5 Å². The van der Waals surface area contributed by atoms with Crippen molar-refractivity contribution in [1.29, 1.82) is 0 Å². The minimum atomic E-state index is -5.03. The number of cyclic esters (lactones) is 1. The van der Waals surface area contributed by atoms with Gasteiger partial charge in [-0.25, -0.2) is 9.78 Å². The van der Waals surface area contributed by atoms with Gasteiger partial charge in [-0.3, -0.25) is 4.90 Å². The zero-order chi connectivity index (χ0) is 34.8. The largest absolute Gasteiger partial charge is 0.496 e. The van der Waals surface area contributed by atoms with Crippen LogP contribution in [0, 0.1) is 0 Å². The van der Waals surface area contributed by atoms with Gasteiger partial charge in [-0.15, -0.1) is 0 Å². The van der Waals surface area contributed by atoms with Crippen LogP contribution in [0.2, 0.25) is 0 Å². The molecule has 6 nitrogen and oxygen atoms in total. The maximum absolute atomic E-state index is 13.6. The van der Waals surface area contributed by atoms with E-state index in [4.69, 9.17) is 14.5 Å². The van der Waals surface area contributed by atoms with Crippen molar-refractivity contribution < 1.29 is 40.6 Å². The Hall–Kier alpha value is -3.61. The smallest absolute Gasteiger partial charge is 0.416 e. The Bertz CT molecular complexity index is 1580. The van der Waals surface area contributed by atoms with Crippen molar-refractivity contribution in [2.75, 3.05) is 37.1 Å². The Balaban J connectivity index is 1.54. The molecule has 2 aliphatic rings. The van der Waals surface area contributed by atoms with E-state index in [2.05, 4.69) is 30.2 Å². The van der Waals surface area contributed by atoms with Gasteiger partial charge < -0.3 is 14.4 Å². The summed E-state index contributed by atoms with van der Waals surface area (Å²) in [6.45, 7) is 5.25. The van der Waals surface area contributed by atoms with Crippen LogP contribution in [0.25, 0.3) is 11.1 Å². The fourth-order valence-electron chi connectivity index (χ4n) is 6.32. The van der Waals surface area contributed by atoms with Crippen LogP contribution in [0.3, 0.4) is 0 Å². The molecule has 0 bridgehead atoms. The number of alkyl halides is 6. The van der Waals surface area contributed by atoms with E-state index in [0.29, 0.717) is 40.9 Å². The molecular weight excluding hydrogens is 656 g/mol. The number of nitrogens with zero attached hydrogens (tertiary/aromatic N) is 3. The van der Waals surface area contributed by atoms with Gasteiger partial charge >= 0.3 is 18.4 Å². The van der Waals surface area contributed by atoms with Gasteiger partial charge in [-0.05, 0) is 97.7 Å². The summed E-state index contributed by atoms with van der Waals surface area (Å²) in [5.41, 5.74) is -0.168. The summed E-state index contributed by atoms with van der Waals surface area (Å²) in [6, 6.07) is 10.3. The Morgan fingerprint density at radius 2 is 1.67 bits per heavy atom. The number of ether oxygens (including phenoxy) is 2. The minimum absolute atomic E-state index is 0.0633. The van der Waals surface area contributed by atoms with Gasteiger partial charge in [0.1, 0.15) is 17.7 Å². The van der Waals surface area contributed by atoms with Crippen molar-refractivity contribution in [3.05, 3.63) is 76.5 Å². The van der Waals surface area contributed by atoms with E-state index in [9.17, 15) is 31.1 Å². The number of carbonyl (C=O) groups excluding carboxylic acids is 1. The van der Waals surface area contributed by atoms with Crippen LogP contribution in [-0.4, -0.2) is 54.2 Å². The number of carbonyl (C=O) groups is 1. The quantitative estimate of drug-likeness (QED) is 0.176. The molecular formula is C35H39F6N3O3S. The average Bonchev–Trinajstić information content (AvgIpc) is 3.29. The summed E-state index contributed by atoms with van der Waals surface area (Å²) in [6.07, 6.45) is -6.17. The van der Waals surface area contributed by atoms with Crippen molar-refractivity contribution in [2.24, 2.45) is 0 Å². The number of anilines is 1. The maximum Gasteiger partial charge on any atom is 0.416 e. The van der Waals surface area contributed by atoms with Crippen molar-refractivity contribution in [3.8, 4) is 16.9 Å². The molecule has 2 saturated heterocycles. The summed E-state index contributed by atoms with van der Waals surface area (Å²) in [4.78, 5) is 21.7. The number of halogens is 6. The molecule has 0 radical (unpaired) electrons. The maximum atomic E-state index is 13.6. The highest BCUT2D eigenvalue weighted by Crippen LogP contribution is 2.43. The lowest BCUT2D eigenvalue weighted by molar-refractivity contribution is -0.143. The molecule has 3 heterocycles. The van der Waals surface area contributed by atoms with Crippen molar-refractivity contribution in [1.82, 2.24) is 9.88 Å². The predicted molar refractivity (Wildman–Crippen MR) is 174 cm³/mol. The van der Waals surface area contributed by atoms with Crippen LogP contribution >= 0.6 is 11.8 Å². The molecule has 1 aromatic heterocycles. The van der Waals surface area contributed by atoms with Gasteiger partial charge in [0.2, 0.25) is 0 Å². The summed E-state index contributed by atoms with van der Waals surface area (Å²) < 4.78 is 93.1. The predicted octanol–water partition coefficient (Wildman–Crippen LogP) is 9.72. The monoisotopic (exact) mass is 695 g/mol. The Morgan fingerprint density at radius 1 is 0.979 bits per heavy atom. The molecule has 0 saturated carbocycles. The molecule has 2 aliphatic heterocycles. The van der Waals surface area contributed by atoms with Crippen molar-refractivity contribution >= 4 is 23.7 Å².